The van der Waals surface area contributed by atoms with Gasteiger partial charge in [0.15, 0.2) is 0 Å². The summed E-state index contributed by atoms with van der Waals surface area (Å²) in [6.07, 6.45) is 2.18. The monoisotopic (exact) mass is 251 g/mol. The number of unbranched alkanes of at least 4 members (excludes halogenated alkanes) is 1. The Bertz CT molecular complexity index is 345. The summed E-state index contributed by atoms with van der Waals surface area (Å²) in [5, 5.41) is 3.46. The Morgan fingerprint density at radius 3 is 2.50 bits per heavy atom. The molecule has 0 aliphatic carbocycles. The Morgan fingerprint density at radius 1 is 1.11 bits per heavy atom. The van der Waals surface area contributed by atoms with E-state index in [0.717, 1.165) is 37.5 Å². The smallest absolute Gasteiger partial charge is 0.122 e. The van der Waals surface area contributed by atoms with Gasteiger partial charge in [0.25, 0.3) is 0 Å². The number of hydrogen-bond donors (Lipinski definition) is 1. The summed E-state index contributed by atoms with van der Waals surface area (Å²) >= 11 is 0. The third-order valence-electron chi connectivity index (χ3n) is 2.54. The highest BCUT2D eigenvalue weighted by atomic mass is 16.5. The van der Waals surface area contributed by atoms with Gasteiger partial charge in [-0.15, -0.1) is 0 Å². The lowest BCUT2D eigenvalue weighted by Crippen LogP contribution is -2.36. The van der Waals surface area contributed by atoms with Crippen LogP contribution in [0.5, 0.6) is 11.5 Å². The van der Waals surface area contributed by atoms with Gasteiger partial charge in [-0.25, -0.2) is 0 Å². The second-order valence-corrected chi connectivity index (χ2v) is 5.41. The van der Waals surface area contributed by atoms with E-state index >= 15 is 0 Å². The van der Waals surface area contributed by atoms with E-state index in [-0.39, 0.29) is 5.54 Å². The first-order valence-corrected chi connectivity index (χ1v) is 6.53. The molecule has 0 bridgehead atoms. The molecule has 0 unspecified atom stereocenters. The Hall–Kier alpha value is -1.22. The van der Waals surface area contributed by atoms with Crippen LogP contribution in [-0.4, -0.2) is 25.8 Å². The van der Waals surface area contributed by atoms with Gasteiger partial charge in [0.05, 0.1) is 13.7 Å². The molecule has 3 nitrogen and oxygen atoms in total. The maximum atomic E-state index is 5.67. The van der Waals surface area contributed by atoms with Crippen molar-refractivity contribution in [3.8, 4) is 11.5 Å². The number of ether oxygens (including phenoxy) is 2. The number of rotatable bonds is 7. The minimum absolute atomic E-state index is 0.202. The van der Waals surface area contributed by atoms with Crippen LogP contribution in [0.1, 0.15) is 33.6 Å². The summed E-state index contributed by atoms with van der Waals surface area (Å²) in [6, 6.07) is 7.72. The van der Waals surface area contributed by atoms with Gasteiger partial charge in [-0.3, -0.25) is 0 Å². The van der Waals surface area contributed by atoms with Crippen molar-refractivity contribution in [2.45, 2.75) is 39.2 Å². The van der Waals surface area contributed by atoms with Crippen molar-refractivity contribution in [2.24, 2.45) is 0 Å². The molecule has 0 amide bonds. The third-order valence-corrected chi connectivity index (χ3v) is 2.54. The van der Waals surface area contributed by atoms with Crippen LogP contribution >= 0.6 is 0 Å². The Kier molecular flexibility index (Phi) is 5.99. The molecule has 1 aromatic carbocycles. The van der Waals surface area contributed by atoms with E-state index in [1.165, 1.54) is 0 Å². The van der Waals surface area contributed by atoms with Gasteiger partial charge in [0, 0.05) is 11.6 Å². The van der Waals surface area contributed by atoms with E-state index in [1.807, 2.05) is 24.3 Å². The highest BCUT2D eigenvalue weighted by molar-refractivity contribution is 5.32. The molecule has 0 saturated heterocycles. The molecule has 1 rings (SSSR count). The number of hydrogen-bond acceptors (Lipinski definition) is 3. The molecule has 0 spiro atoms. The first-order chi connectivity index (χ1) is 8.51. The van der Waals surface area contributed by atoms with E-state index in [1.54, 1.807) is 7.11 Å². The van der Waals surface area contributed by atoms with E-state index < -0.39 is 0 Å². The Balaban J connectivity index is 2.14. The standard InChI is InChI=1S/C15H25NO2/c1-15(2,3)16-10-5-6-11-18-14-9-7-8-13(12-14)17-4/h7-9,12,16H,5-6,10-11H2,1-4H3. The van der Waals surface area contributed by atoms with Crippen LogP contribution in [0.15, 0.2) is 24.3 Å². The fourth-order valence-electron chi connectivity index (χ4n) is 1.57. The molecule has 0 aromatic heterocycles. The van der Waals surface area contributed by atoms with Crippen LogP contribution in [0.4, 0.5) is 0 Å². The lowest BCUT2D eigenvalue weighted by Gasteiger charge is -2.20. The molecule has 0 atom stereocenters. The third kappa shape index (κ3) is 6.50. The van der Waals surface area contributed by atoms with Gasteiger partial charge in [-0.1, -0.05) is 6.07 Å². The lowest BCUT2D eigenvalue weighted by atomic mass is 10.1. The largest absolute Gasteiger partial charge is 0.497 e. The predicted molar refractivity (Wildman–Crippen MR) is 75.5 cm³/mol. The molecule has 0 saturated carbocycles. The highest BCUT2D eigenvalue weighted by Gasteiger charge is 2.06. The zero-order valence-corrected chi connectivity index (χ0v) is 12.0. The average molecular weight is 251 g/mol. The Labute approximate surface area is 110 Å². The predicted octanol–water partition coefficient (Wildman–Crippen LogP) is 3.24. The summed E-state index contributed by atoms with van der Waals surface area (Å²) in [7, 11) is 1.66. The maximum Gasteiger partial charge on any atom is 0.122 e. The molecule has 0 aliphatic rings. The van der Waals surface area contributed by atoms with Crippen molar-refractivity contribution in [1.82, 2.24) is 5.32 Å². The zero-order valence-electron chi connectivity index (χ0n) is 12.0. The average Bonchev–Trinajstić information content (AvgIpc) is 2.32. The SMILES string of the molecule is COc1cccc(OCCCCNC(C)(C)C)c1. The molecular formula is C15H25NO2. The van der Waals surface area contributed by atoms with E-state index in [2.05, 4.69) is 26.1 Å². The molecule has 3 heteroatoms. The van der Waals surface area contributed by atoms with Crippen molar-refractivity contribution in [1.29, 1.82) is 0 Å². The van der Waals surface area contributed by atoms with Crippen LogP contribution < -0.4 is 14.8 Å². The highest BCUT2D eigenvalue weighted by Crippen LogP contribution is 2.18. The molecule has 0 heterocycles. The quantitative estimate of drug-likeness (QED) is 0.755. The van der Waals surface area contributed by atoms with Crippen molar-refractivity contribution >= 4 is 0 Å². The van der Waals surface area contributed by atoms with Crippen molar-refractivity contribution in [3.63, 3.8) is 0 Å². The minimum Gasteiger partial charge on any atom is -0.497 e. The maximum absolute atomic E-state index is 5.67. The van der Waals surface area contributed by atoms with E-state index in [9.17, 15) is 0 Å². The molecule has 0 fully saturated rings. The van der Waals surface area contributed by atoms with Crippen molar-refractivity contribution in [2.75, 3.05) is 20.3 Å². The normalized spacial score (nSPS) is 11.3. The van der Waals surface area contributed by atoms with Gasteiger partial charge in [-0.05, 0) is 52.3 Å². The van der Waals surface area contributed by atoms with Crippen LogP contribution in [0.3, 0.4) is 0 Å². The molecule has 0 aliphatic heterocycles. The zero-order chi connectivity index (χ0) is 13.4. The first kappa shape index (κ1) is 14.8. The molecule has 1 N–H and O–H groups in total. The van der Waals surface area contributed by atoms with Crippen molar-refractivity contribution < 1.29 is 9.47 Å². The number of methoxy groups -OCH3 is 1. The van der Waals surface area contributed by atoms with Crippen LogP contribution in [0.25, 0.3) is 0 Å². The summed E-state index contributed by atoms with van der Waals surface area (Å²) in [4.78, 5) is 0. The second kappa shape index (κ2) is 7.27. The fourth-order valence-corrected chi connectivity index (χ4v) is 1.57. The van der Waals surface area contributed by atoms with Gasteiger partial charge in [0.2, 0.25) is 0 Å². The molecule has 102 valence electrons. The Morgan fingerprint density at radius 2 is 1.83 bits per heavy atom. The van der Waals surface area contributed by atoms with E-state index in [0.29, 0.717) is 0 Å². The number of nitrogens with one attached hydrogen (secondary N) is 1. The topological polar surface area (TPSA) is 30.5 Å². The lowest BCUT2D eigenvalue weighted by molar-refractivity contribution is 0.299. The number of benzene rings is 1. The molecule has 1 aromatic rings. The summed E-state index contributed by atoms with van der Waals surface area (Å²) in [6.45, 7) is 8.32. The molecular weight excluding hydrogens is 226 g/mol. The fraction of sp³-hybridized carbons (Fsp3) is 0.600. The van der Waals surface area contributed by atoms with Gasteiger partial charge < -0.3 is 14.8 Å². The molecule has 0 radical (unpaired) electrons. The van der Waals surface area contributed by atoms with Crippen LogP contribution in [0.2, 0.25) is 0 Å². The van der Waals surface area contributed by atoms with Gasteiger partial charge in [-0.2, -0.15) is 0 Å². The second-order valence-electron chi connectivity index (χ2n) is 5.41. The summed E-state index contributed by atoms with van der Waals surface area (Å²) in [5.41, 5.74) is 0.202. The summed E-state index contributed by atoms with van der Waals surface area (Å²) < 4.78 is 10.8. The van der Waals surface area contributed by atoms with Crippen molar-refractivity contribution in [3.05, 3.63) is 24.3 Å². The van der Waals surface area contributed by atoms with E-state index in [4.69, 9.17) is 9.47 Å². The van der Waals surface area contributed by atoms with Crippen LogP contribution in [0, 0.1) is 0 Å². The van der Waals surface area contributed by atoms with Crippen LogP contribution in [-0.2, 0) is 0 Å². The van der Waals surface area contributed by atoms with Gasteiger partial charge >= 0.3 is 0 Å². The first-order valence-electron chi connectivity index (χ1n) is 6.53. The molecule has 18 heavy (non-hydrogen) atoms. The summed E-state index contributed by atoms with van der Waals surface area (Å²) in [5.74, 6) is 1.71. The van der Waals surface area contributed by atoms with Gasteiger partial charge in [0.1, 0.15) is 11.5 Å². The minimum atomic E-state index is 0.202.